The first kappa shape index (κ1) is 13.2. The maximum absolute atomic E-state index is 5.40. The lowest BCUT2D eigenvalue weighted by atomic mass is 10.3. The van der Waals surface area contributed by atoms with Crippen molar-refractivity contribution in [2.75, 3.05) is 62.4 Å². The third kappa shape index (κ3) is 2.68. The van der Waals surface area contributed by atoms with Crippen molar-refractivity contribution in [1.82, 2.24) is 9.97 Å². The molecule has 2 aliphatic rings. The SMILES string of the molecule is c1c(N2CCOCC2)ncc2sc(N3CCOCC3)nc12. The van der Waals surface area contributed by atoms with E-state index in [0.717, 1.165) is 73.8 Å². The summed E-state index contributed by atoms with van der Waals surface area (Å²) in [6, 6.07) is 2.10. The average molecular weight is 306 g/mol. The van der Waals surface area contributed by atoms with E-state index in [-0.39, 0.29) is 0 Å². The highest BCUT2D eigenvalue weighted by Gasteiger charge is 2.17. The molecule has 2 saturated heterocycles. The van der Waals surface area contributed by atoms with Gasteiger partial charge in [-0.25, -0.2) is 9.97 Å². The molecule has 0 amide bonds. The van der Waals surface area contributed by atoms with Crippen LogP contribution in [0.25, 0.3) is 10.2 Å². The number of thiazole rings is 1. The Morgan fingerprint density at radius 3 is 2.33 bits per heavy atom. The van der Waals surface area contributed by atoms with Crippen molar-refractivity contribution in [2.24, 2.45) is 0 Å². The molecule has 2 aromatic heterocycles. The van der Waals surface area contributed by atoms with Gasteiger partial charge in [0.15, 0.2) is 5.13 Å². The van der Waals surface area contributed by atoms with E-state index in [4.69, 9.17) is 14.5 Å². The zero-order valence-electron chi connectivity index (χ0n) is 11.8. The summed E-state index contributed by atoms with van der Waals surface area (Å²) >= 11 is 1.71. The largest absolute Gasteiger partial charge is 0.378 e. The zero-order valence-corrected chi connectivity index (χ0v) is 12.6. The molecule has 2 aromatic rings. The Hall–Kier alpha value is -1.44. The minimum absolute atomic E-state index is 0.774. The Kier molecular flexibility index (Phi) is 3.62. The molecule has 0 unspecified atom stereocenters. The van der Waals surface area contributed by atoms with E-state index in [0.29, 0.717) is 0 Å². The monoisotopic (exact) mass is 306 g/mol. The normalized spacial score (nSPS) is 20.2. The van der Waals surface area contributed by atoms with Gasteiger partial charge in [-0.1, -0.05) is 11.3 Å². The molecule has 0 N–H and O–H groups in total. The summed E-state index contributed by atoms with van der Waals surface area (Å²) < 4.78 is 11.9. The number of aromatic nitrogens is 2. The van der Waals surface area contributed by atoms with Crippen molar-refractivity contribution in [3.63, 3.8) is 0 Å². The lowest BCUT2D eigenvalue weighted by molar-refractivity contribution is 0.122. The summed E-state index contributed by atoms with van der Waals surface area (Å²) in [6.07, 6.45) is 1.95. The van der Waals surface area contributed by atoms with Gasteiger partial charge < -0.3 is 19.3 Å². The molecule has 4 rings (SSSR count). The fraction of sp³-hybridized carbons (Fsp3) is 0.571. The third-order valence-electron chi connectivity index (χ3n) is 3.87. The van der Waals surface area contributed by atoms with Crippen LogP contribution in [0, 0.1) is 0 Å². The van der Waals surface area contributed by atoms with E-state index >= 15 is 0 Å². The maximum atomic E-state index is 5.40. The highest BCUT2D eigenvalue weighted by atomic mass is 32.1. The first-order chi connectivity index (χ1) is 10.4. The van der Waals surface area contributed by atoms with Crippen LogP contribution in [-0.4, -0.2) is 62.6 Å². The van der Waals surface area contributed by atoms with Crippen LogP contribution in [0.4, 0.5) is 10.9 Å². The average Bonchev–Trinajstić information content (AvgIpc) is 2.99. The van der Waals surface area contributed by atoms with Crippen molar-refractivity contribution in [3.8, 4) is 0 Å². The van der Waals surface area contributed by atoms with E-state index in [9.17, 15) is 0 Å². The molecule has 0 spiro atoms. The molecule has 0 atom stereocenters. The smallest absolute Gasteiger partial charge is 0.186 e. The number of hydrogen-bond acceptors (Lipinski definition) is 7. The van der Waals surface area contributed by atoms with Gasteiger partial charge in [0.25, 0.3) is 0 Å². The first-order valence-corrected chi connectivity index (χ1v) is 8.14. The predicted octanol–water partition coefficient (Wildman–Crippen LogP) is 1.36. The molecular weight excluding hydrogens is 288 g/mol. The highest BCUT2D eigenvalue weighted by molar-refractivity contribution is 7.22. The topological polar surface area (TPSA) is 50.7 Å². The highest BCUT2D eigenvalue weighted by Crippen LogP contribution is 2.30. The molecule has 6 nitrogen and oxygen atoms in total. The number of nitrogens with zero attached hydrogens (tertiary/aromatic N) is 4. The summed E-state index contributed by atoms with van der Waals surface area (Å²) in [5.74, 6) is 1.00. The molecule has 112 valence electrons. The molecule has 0 bridgehead atoms. The van der Waals surface area contributed by atoms with Gasteiger partial charge in [-0.2, -0.15) is 0 Å². The second-order valence-corrected chi connectivity index (χ2v) is 6.21. The standard InChI is InChI=1S/C14H18N4O2S/c1-5-19-6-2-17(1)13-9-11-12(10-15-13)21-14(16-11)18-3-7-20-8-4-18/h9-10H,1-8H2. The summed E-state index contributed by atoms with van der Waals surface area (Å²) in [5, 5.41) is 1.08. The number of fused-ring (bicyclic) bond motifs is 1. The molecule has 0 aromatic carbocycles. The van der Waals surface area contributed by atoms with Crippen molar-refractivity contribution in [3.05, 3.63) is 12.3 Å². The van der Waals surface area contributed by atoms with E-state index in [1.165, 1.54) is 0 Å². The lowest BCUT2D eigenvalue weighted by Crippen LogP contribution is -2.36. The minimum atomic E-state index is 0.774. The quantitative estimate of drug-likeness (QED) is 0.835. The maximum Gasteiger partial charge on any atom is 0.186 e. The van der Waals surface area contributed by atoms with Crippen LogP contribution in [0.3, 0.4) is 0 Å². The molecule has 21 heavy (non-hydrogen) atoms. The van der Waals surface area contributed by atoms with Crippen LogP contribution < -0.4 is 9.80 Å². The second kappa shape index (κ2) is 5.75. The van der Waals surface area contributed by atoms with Crippen molar-refractivity contribution < 1.29 is 9.47 Å². The third-order valence-corrected chi connectivity index (χ3v) is 4.93. The van der Waals surface area contributed by atoms with Gasteiger partial charge in [0.2, 0.25) is 0 Å². The molecule has 2 fully saturated rings. The van der Waals surface area contributed by atoms with Crippen LogP contribution in [-0.2, 0) is 9.47 Å². The van der Waals surface area contributed by atoms with Crippen molar-refractivity contribution in [1.29, 1.82) is 0 Å². The first-order valence-electron chi connectivity index (χ1n) is 7.32. The molecule has 0 radical (unpaired) electrons. The lowest BCUT2D eigenvalue weighted by Gasteiger charge is -2.27. The number of pyridine rings is 1. The molecule has 0 saturated carbocycles. The Balaban J connectivity index is 1.61. The summed E-state index contributed by atoms with van der Waals surface area (Å²) in [6.45, 7) is 6.76. The summed E-state index contributed by atoms with van der Waals surface area (Å²) in [4.78, 5) is 13.9. The molecule has 2 aliphatic heterocycles. The fourth-order valence-electron chi connectivity index (χ4n) is 2.67. The van der Waals surface area contributed by atoms with E-state index in [2.05, 4.69) is 20.9 Å². The number of anilines is 2. The van der Waals surface area contributed by atoms with Gasteiger partial charge in [-0.15, -0.1) is 0 Å². The van der Waals surface area contributed by atoms with Gasteiger partial charge >= 0.3 is 0 Å². The van der Waals surface area contributed by atoms with Crippen LogP contribution >= 0.6 is 11.3 Å². The predicted molar refractivity (Wildman–Crippen MR) is 83.5 cm³/mol. The van der Waals surface area contributed by atoms with Gasteiger partial charge in [0.1, 0.15) is 5.82 Å². The Morgan fingerprint density at radius 1 is 0.952 bits per heavy atom. The number of ether oxygens (including phenoxy) is 2. The van der Waals surface area contributed by atoms with Crippen molar-refractivity contribution in [2.45, 2.75) is 0 Å². The Bertz CT molecular complexity index is 604. The van der Waals surface area contributed by atoms with Gasteiger partial charge in [-0.3, -0.25) is 0 Å². The molecule has 0 aliphatic carbocycles. The summed E-state index contributed by atoms with van der Waals surface area (Å²) in [5.41, 5.74) is 1.04. The van der Waals surface area contributed by atoms with Crippen LogP contribution in [0.1, 0.15) is 0 Å². The van der Waals surface area contributed by atoms with E-state index in [1.807, 2.05) is 6.20 Å². The molecule has 4 heterocycles. The van der Waals surface area contributed by atoms with Crippen LogP contribution in [0.15, 0.2) is 12.3 Å². The summed E-state index contributed by atoms with van der Waals surface area (Å²) in [7, 11) is 0. The fourth-order valence-corrected chi connectivity index (χ4v) is 3.63. The van der Waals surface area contributed by atoms with Gasteiger partial charge in [-0.05, 0) is 0 Å². The van der Waals surface area contributed by atoms with Crippen LogP contribution in [0.2, 0.25) is 0 Å². The zero-order chi connectivity index (χ0) is 14.1. The number of hydrogen-bond donors (Lipinski definition) is 0. The second-order valence-electron chi connectivity index (χ2n) is 5.21. The minimum Gasteiger partial charge on any atom is -0.378 e. The van der Waals surface area contributed by atoms with E-state index < -0.39 is 0 Å². The number of rotatable bonds is 2. The Labute approximate surface area is 127 Å². The Morgan fingerprint density at radius 2 is 1.62 bits per heavy atom. The van der Waals surface area contributed by atoms with Crippen molar-refractivity contribution >= 4 is 32.5 Å². The molecular formula is C14H18N4O2S. The van der Waals surface area contributed by atoms with E-state index in [1.54, 1.807) is 11.3 Å². The number of morpholine rings is 2. The van der Waals surface area contributed by atoms with Gasteiger partial charge in [0, 0.05) is 38.4 Å². The molecule has 7 heteroatoms. The van der Waals surface area contributed by atoms with Crippen LogP contribution in [0.5, 0.6) is 0 Å². The van der Waals surface area contributed by atoms with Gasteiger partial charge in [0.05, 0.1) is 36.6 Å².